The molecule has 0 fully saturated rings. The number of carbonyl (C=O) groups excluding carboxylic acids is 3. The number of amides is 3. The molecule has 3 amide bonds. The average molecular weight is 460 g/mol. The summed E-state index contributed by atoms with van der Waals surface area (Å²) >= 11 is 0. The van der Waals surface area contributed by atoms with Crippen molar-refractivity contribution in [1.29, 1.82) is 0 Å². The predicted octanol–water partition coefficient (Wildman–Crippen LogP) is -0.934. The van der Waals surface area contributed by atoms with Crippen molar-refractivity contribution in [1.82, 2.24) is 16.0 Å². The molecule has 0 heterocycles. The van der Waals surface area contributed by atoms with Gasteiger partial charge in [-0.1, -0.05) is 34.1 Å². The van der Waals surface area contributed by atoms with Crippen LogP contribution in [0.3, 0.4) is 0 Å². The number of carboxylic acid groups (broad SMARTS) is 1. The Morgan fingerprint density at radius 2 is 1.47 bits per heavy atom. The Balaban J connectivity index is 5.28. The zero-order chi connectivity index (χ0) is 24.8. The van der Waals surface area contributed by atoms with Gasteiger partial charge in [-0.2, -0.15) is 0 Å². The number of nitrogens with one attached hydrogen (secondary N) is 3. The molecular weight excluding hydrogens is 418 g/mol. The van der Waals surface area contributed by atoms with Crippen molar-refractivity contribution in [3.05, 3.63) is 0 Å². The summed E-state index contributed by atoms with van der Waals surface area (Å²) in [6.07, 6.45) is 2.42. The highest BCUT2D eigenvalue weighted by atomic mass is 16.4. The molecule has 0 aromatic heterocycles. The van der Waals surface area contributed by atoms with Crippen molar-refractivity contribution in [2.75, 3.05) is 13.2 Å². The number of aliphatic carboxylic acids is 1. The van der Waals surface area contributed by atoms with Crippen LogP contribution in [0.2, 0.25) is 0 Å². The zero-order valence-electron chi connectivity index (χ0n) is 19.6. The summed E-state index contributed by atoms with van der Waals surface area (Å²) in [6.45, 7) is 7.00. The minimum atomic E-state index is -1.37. The normalized spacial score (nSPS) is 15.9. The Kier molecular flexibility index (Phi) is 14.5. The van der Waals surface area contributed by atoms with Crippen LogP contribution in [0.5, 0.6) is 0 Å². The van der Waals surface area contributed by atoms with E-state index in [-0.39, 0.29) is 18.3 Å². The highest BCUT2D eigenvalue weighted by Crippen LogP contribution is 2.09. The highest BCUT2D eigenvalue weighted by Gasteiger charge is 2.31. The number of nitrogens with two attached hydrogens (primary N) is 2. The molecule has 0 rings (SSSR count). The first kappa shape index (κ1) is 29.8. The fourth-order valence-corrected chi connectivity index (χ4v) is 3.06. The van der Waals surface area contributed by atoms with Crippen LogP contribution >= 0.6 is 0 Å². The molecule has 5 unspecified atom stereocenters. The van der Waals surface area contributed by atoms with Crippen molar-refractivity contribution in [2.24, 2.45) is 23.3 Å². The summed E-state index contributed by atoms with van der Waals surface area (Å²) < 4.78 is 0. The third-order valence-corrected chi connectivity index (χ3v) is 5.23. The highest BCUT2D eigenvalue weighted by molar-refractivity contribution is 5.94. The van der Waals surface area contributed by atoms with Gasteiger partial charge in [0.25, 0.3) is 0 Å². The summed E-state index contributed by atoms with van der Waals surface area (Å²) in [4.78, 5) is 49.2. The molecule has 0 aliphatic carbocycles. The van der Waals surface area contributed by atoms with E-state index in [1.807, 2.05) is 13.8 Å². The van der Waals surface area contributed by atoms with E-state index in [4.69, 9.17) is 11.5 Å². The second-order valence-corrected chi connectivity index (χ2v) is 8.54. The Morgan fingerprint density at radius 3 is 1.94 bits per heavy atom. The third-order valence-electron chi connectivity index (χ3n) is 5.23. The molecule has 0 bridgehead atoms. The molecule has 0 aliphatic heterocycles. The quantitative estimate of drug-likeness (QED) is 0.144. The van der Waals surface area contributed by atoms with E-state index in [9.17, 15) is 29.4 Å². The molecule has 0 aliphatic rings. The third kappa shape index (κ3) is 10.9. The number of rotatable bonds is 16. The molecule has 0 radical (unpaired) electrons. The molecule has 186 valence electrons. The lowest BCUT2D eigenvalue weighted by Crippen LogP contribution is -2.58. The fourth-order valence-electron chi connectivity index (χ4n) is 3.06. The van der Waals surface area contributed by atoms with Crippen LogP contribution in [0.15, 0.2) is 0 Å². The van der Waals surface area contributed by atoms with Gasteiger partial charge in [0.15, 0.2) is 0 Å². The summed E-state index contributed by atoms with van der Waals surface area (Å²) in [5, 5.41) is 26.3. The second kappa shape index (κ2) is 15.5. The molecule has 32 heavy (non-hydrogen) atoms. The maximum absolute atomic E-state index is 12.8. The van der Waals surface area contributed by atoms with Gasteiger partial charge in [-0.15, -0.1) is 0 Å². The standard InChI is InChI=1S/C21H41N5O6/c1-5-13(4)17(21(31)32)26-20(30)16(11-27)25-19(29)15(8-6-7-9-22)24-18(28)14(23)10-12(2)3/h12-17,27H,5-11,22-23H2,1-4H3,(H,24,28)(H,25,29)(H,26,30)(H,31,32). The zero-order valence-corrected chi connectivity index (χ0v) is 19.6. The average Bonchev–Trinajstić information content (AvgIpc) is 2.73. The van der Waals surface area contributed by atoms with Gasteiger partial charge in [0.2, 0.25) is 17.7 Å². The first-order valence-corrected chi connectivity index (χ1v) is 11.2. The van der Waals surface area contributed by atoms with Gasteiger partial charge in [-0.25, -0.2) is 4.79 Å². The lowest BCUT2D eigenvalue weighted by Gasteiger charge is -2.26. The molecule has 11 nitrogen and oxygen atoms in total. The number of aliphatic hydroxyl groups is 1. The van der Waals surface area contributed by atoms with Crippen molar-refractivity contribution in [3.8, 4) is 0 Å². The molecule has 0 aromatic carbocycles. The van der Waals surface area contributed by atoms with Crippen LogP contribution in [-0.2, 0) is 19.2 Å². The van der Waals surface area contributed by atoms with Crippen molar-refractivity contribution < 1.29 is 29.4 Å². The van der Waals surface area contributed by atoms with Crippen molar-refractivity contribution in [2.45, 2.75) is 84.0 Å². The van der Waals surface area contributed by atoms with Crippen LogP contribution in [0.1, 0.15) is 59.8 Å². The van der Waals surface area contributed by atoms with E-state index in [1.165, 1.54) is 0 Å². The molecule has 0 saturated carbocycles. The van der Waals surface area contributed by atoms with Gasteiger partial charge in [0.05, 0.1) is 12.6 Å². The summed E-state index contributed by atoms with van der Waals surface area (Å²) in [6, 6.07) is -4.29. The summed E-state index contributed by atoms with van der Waals surface area (Å²) in [5.74, 6) is -3.34. The van der Waals surface area contributed by atoms with E-state index in [2.05, 4.69) is 16.0 Å². The van der Waals surface area contributed by atoms with Gasteiger partial charge in [-0.3, -0.25) is 14.4 Å². The van der Waals surface area contributed by atoms with E-state index >= 15 is 0 Å². The molecule has 0 spiro atoms. The van der Waals surface area contributed by atoms with Crippen LogP contribution in [-0.4, -0.2) is 71.2 Å². The molecule has 0 aromatic rings. The van der Waals surface area contributed by atoms with E-state index in [0.717, 1.165) is 0 Å². The predicted molar refractivity (Wildman–Crippen MR) is 120 cm³/mol. The SMILES string of the molecule is CCC(C)C(NC(=O)C(CO)NC(=O)C(CCCCN)NC(=O)C(N)CC(C)C)C(=O)O. The summed E-state index contributed by atoms with van der Waals surface area (Å²) in [5.41, 5.74) is 11.4. The Bertz CT molecular complexity index is 615. The van der Waals surface area contributed by atoms with Crippen LogP contribution in [0.4, 0.5) is 0 Å². The van der Waals surface area contributed by atoms with Crippen LogP contribution < -0.4 is 27.4 Å². The number of hydrogen-bond acceptors (Lipinski definition) is 7. The Labute approximate surface area is 190 Å². The fraction of sp³-hybridized carbons (Fsp3) is 0.810. The van der Waals surface area contributed by atoms with Gasteiger partial charge < -0.3 is 37.6 Å². The Morgan fingerprint density at radius 1 is 0.906 bits per heavy atom. The molecular formula is C21H41N5O6. The van der Waals surface area contributed by atoms with E-state index in [1.54, 1.807) is 13.8 Å². The van der Waals surface area contributed by atoms with Gasteiger partial charge in [-0.05, 0) is 44.1 Å². The van der Waals surface area contributed by atoms with Crippen LogP contribution in [0.25, 0.3) is 0 Å². The van der Waals surface area contributed by atoms with Crippen molar-refractivity contribution >= 4 is 23.7 Å². The van der Waals surface area contributed by atoms with Crippen LogP contribution in [0, 0.1) is 11.8 Å². The number of hydrogen-bond donors (Lipinski definition) is 7. The maximum atomic E-state index is 12.8. The van der Waals surface area contributed by atoms with E-state index < -0.39 is 54.5 Å². The first-order chi connectivity index (χ1) is 15.0. The maximum Gasteiger partial charge on any atom is 0.326 e. The Hall–Kier alpha value is -2.24. The van der Waals surface area contributed by atoms with Gasteiger partial charge >= 0.3 is 5.97 Å². The second-order valence-electron chi connectivity index (χ2n) is 8.54. The van der Waals surface area contributed by atoms with Gasteiger partial charge in [0, 0.05) is 0 Å². The number of unbranched alkanes of at least 4 members (excludes halogenated alkanes) is 1. The molecule has 11 heteroatoms. The lowest BCUT2D eigenvalue weighted by atomic mass is 9.99. The number of aliphatic hydroxyl groups excluding tert-OH is 1. The number of carboxylic acids is 1. The lowest BCUT2D eigenvalue weighted by molar-refractivity contribution is -0.144. The first-order valence-electron chi connectivity index (χ1n) is 11.2. The van der Waals surface area contributed by atoms with Crippen molar-refractivity contribution in [3.63, 3.8) is 0 Å². The topological polar surface area (TPSA) is 197 Å². The molecule has 0 saturated heterocycles. The monoisotopic (exact) mass is 459 g/mol. The number of carbonyl (C=O) groups is 4. The molecule has 9 N–H and O–H groups in total. The largest absolute Gasteiger partial charge is 0.480 e. The molecule has 5 atom stereocenters. The minimum Gasteiger partial charge on any atom is -0.480 e. The summed E-state index contributed by atoms with van der Waals surface area (Å²) in [7, 11) is 0. The van der Waals surface area contributed by atoms with Gasteiger partial charge in [0.1, 0.15) is 18.1 Å². The minimum absolute atomic E-state index is 0.190. The van der Waals surface area contributed by atoms with E-state index in [0.29, 0.717) is 32.2 Å². The smallest absolute Gasteiger partial charge is 0.326 e.